The second-order valence-electron chi connectivity index (χ2n) is 3.51. The summed E-state index contributed by atoms with van der Waals surface area (Å²) in [5.74, 6) is 0. The molecule has 0 saturated heterocycles. The van der Waals surface area contributed by atoms with Crippen LogP contribution < -0.4 is 0 Å². The molecule has 2 rings (SSSR count). The van der Waals surface area contributed by atoms with Crippen LogP contribution in [0.4, 0.5) is 0 Å². The number of aliphatic hydroxyl groups excluding tert-OH is 3. The number of imidazole rings is 1. The second kappa shape index (κ2) is 4.56. The van der Waals surface area contributed by atoms with Gasteiger partial charge in [-0.15, -0.1) is 0 Å². The van der Waals surface area contributed by atoms with Gasteiger partial charge in [0, 0.05) is 19.0 Å². The van der Waals surface area contributed by atoms with Crippen molar-refractivity contribution in [3.8, 4) is 0 Å². The summed E-state index contributed by atoms with van der Waals surface area (Å²) in [5, 5.41) is 28.1. The van der Waals surface area contributed by atoms with Gasteiger partial charge in [0.15, 0.2) is 5.65 Å². The van der Waals surface area contributed by atoms with Crippen molar-refractivity contribution in [2.24, 2.45) is 0 Å². The first-order valence-corrected chi connectivity index (χ1v) is 4.98. The van der Waals surface area contributed by atoms with Crippen LogP contribution in [0.1, 0.15) is 18.2 Å². The highest BCUT2D eigenvalue weighted by molar-refractivity contribution is 5.37. The summed E-state index contributed by atoms with van der Waals surface area (Å²) in [5.41, 5.74) is 1.09. The molecule has 0 amide bonds. The Kier molecular flexibility index (Phi) is 3.14. The van der Waals surface area contributed by atoms with Gasteiger partial charge in [-0.05, 0) is 6.42 Å². The molecule has 3 N–H and O–H groups in total. The highest BCUT2D eigenvalue weighted by Gasteiger charge is 2.21. The van der Waals surface area contributed by atoms with Crippen molar-refractivity contribution < 1.29 is 15.3 Å². The van der Waals surface area contributed by atoms with Crippen LogP contribution in [0.5, 0.6) is 0 Å². The number of hydrogen-bond donors (Lipinski definition) is 3. The van der Waals surface area contributed by atoms with E-state index in [9.17, 15) is 10.2 Å². The van der Waals surface area contributed by atoms with Crippen LogP contribution >= 0.6 is 0 Å². The van der Waals surface area contributed by atoms with Gasteiger partial charge in [0.05, 0.1) is 24.2 Å². The Morgan fingerprint density at radius 3 is 2.88 bits per heavy atom. The molecule has 2 aromatic heterocycles. The van der Waals surface area contributed by atoms with Crippen molar-refractivity contribution in [3.63, 3.8) is 0 Å². The Bertz CT molecular complexity index is 471. The molecule has 0 fully saturated rings. The first kappa shape index (κ1) is 11.0. The fraction of sp³-hybridized carbons (Fsp3) is 0.400. The van der Waals surface area contributed by atoms with Gasteiger partial charge in [0.1, 0.15) is 6.10 Å². The third-order valence-corrected chi connectivity index (χ3v) is 2.44. The standard InChI is InChI=1S/C10H13N3O3/c14-4-1-8(15)10(16)7-5-12-9-6-11-2-3-13(7)9/h2-3,5-6,8,10,14-16H,1,4H2. The third-order valence-electron chi connectivity index (χ3n) is 2.44. The van der Waals surface area contributed by atoms with Gasteiger partial charge in [-0.25, -0.2) is 4.98 Å². The summed E-state index contributed by atoms with van der Waals surface area (Å²) in [6.07, 6.45) is 4.34. The number of hydrogen-bond acceptors (Lipinski definition) is 5. The average Bonchev–Trinajstić information content (AvgIpc) is 2.72. The molecular weight excluding hydrogens is 210 g/mol. The molecule has 2 atom stereocenters. The van der Waals surface area contributed by atoms with Crippen LogP contribution in [-0.4, -0.2) is 42.4 Å². The molecule has 0 aliphatic carbocycles. The first-order valence-electron chi connectivity index (χ1n) is 4.98. The Balaban J connectivity index is 2.32. The lowest BCUT2D eigenvalue weighted by Gasteiger charge is -2.16. The van der Waals surface area contributed by atoms with E-state index in [-0.39, 0.29) is 13.0 Å². The van der Waals surface area contributed by atoms with E-state index in [2.05, 4.69) is 9.97 Å². The van der Waals surface area contributed by atoms with Gasteiger partial charge >= 0.3 is 0 Å². The molecule has 2 aromatic rings. The molecular formula is C10H13N3O3. The summed E-state index contributed by atoms with van der Waals surface area (Å²) < 4.78 is 1.65. The summed E-state index contributed by atoms with van der Waals surface area (Å²) >= 11 is 0. The van der Waals surface area contributed by atoms with Gasteiger partial charge < -0.3 is 15.3 Å². The van der Waals surface area contributed by atoms with Crippen molar-refractivity contribution in [2.75, 3.05) is 6.61 Å². The van der Waals surface area contributed by atoms with E-state index in [1.165, 1.54) is 6.20 Å². The van der Waals surface area contributed by atoms with Crippen molar-refractivity contribution >= 4 is 5.65 Å². The zero-order chi connectivity index (χ0) is 11.5. The fourth-order valence-electron chi connectivity index (χ4n) is 1.57. The van der Waals surface area contributed by atoms with E-state index in [1.54, 1.807) is 23.0 Å². The molecule has 0 aliphatic rings. The van der Waals surface area contributed by atoms with Crippen LogP contribution in [0.25, 0.3) is 5.65 Å². The molecule has 2 unspecified atom stereocenters. The van der Waals surface area contributed by atoms with E-state index in [0.29, 0.717) is 11.3 Å². The molecule has 16 heavy (non-hydrogen) atoms. The molecule has 0 bridgehead atoms. The molecule has 2 heterocycles. The zero-order valence-corrected chi connectivity index (χ0v) is 8.56. The molecule has 0 aliphatic heterocycles. The third kappa shape index (κ3) is 1.90. The lowest BCUT2D eigenvalue weighted by molar-refractivity contribution is 0.00147. The van der Waals surface area contributed by atoms with Gasteiger partial charge in [-0.2, -0.15) is 0 Å². The molecule has 6 nitrogen and oxygen atoms in total. The molecule has 86 valence electrons. The highest BCUT2D eigenvalue weighted by Crippen LogP contribution is 2.19. The van der Waals surface area contributed by atoms with Crippen molar-refractivity contribution in [3.05, 3.63) is 30.5 Å². The second-order valence-corrected chi connectivity index (χ2v) is 3.51. The average molecular weight is 223 g/mol. The number of aromatic nitrogens is 3. The highest BCUT2D eigenvalue weighted by atomic mass is 16.3. The number of rotatable bonds is 4. The Morgan fingerprint density at radius 1 is 1.31 bits per heavy atom. The van der Waals surface area contributed by atoms with Crippen molar-refractivity contribution in [1.82, 2.24) is 14.4 Å². The lowest BCUT2D eigenvalue weighted by Crippen LogP contribution is -2.20. The van der Waals surface area contributed by atoms with E-state index < -0.39 is 12.2 Å². The number of aliphatic hydroxyl groups is 3. The SMILES string of the molecule is OCCC(O)C(O)c1cnc2cnccn12. The van der Waals surface area contributed by atoms with E-state index in [4.69, 9.17) is 5.11 Å². The van der Waals surface area contributed by atoms with Gasteiger partial charge in [-0.1, -0.05) is 0 Å². The smallest absolute Gasteiger partial charge is 0.155 e. The van der Waals surface area contributed by atoms with Crippen LogP contribution in [0.2, 0.25) is 0 Å². The Morgan fingerprint density at radius 2 is 2.12 bits per heavy atom. The van der Waals surface area contributed by atoms with Crippen LogP contribution in [0.15, 0.2) is 24.8 Å². The van der Waals surface area contributed by atoms with Crippen LogP contribution in [0, 0.1) is 0 Å². The molecule has 0 radical (unpaired) electrons. The zero-order valence-electron chi connectivity index (χ0n) is 8.56. The van der Waals surface area contributed by atoms with Crippen LogP contribution in [0.3, 0.4) is 0 Å². The summed E-state index contributed by atoms with van der Waals surface area (Å²) in [4.78, 5) is 7.95. The van der Waals surface area contributed by atoms with Crippen molar-refractivity contribution in [2.45, 2.75) is 18.6 Å². The maximum absolute atomic E-state index is 9.86. The summed E-state index contributed by atoms with van der Waals surface area (Å²) in [7, 11) is 0. The molecule has 6 heteroatoms. The van der Waals surface area contributed by atoms with E-state index in [0.717, 1.165) is 0 Å². The fourth-order valence-corrected chi connectivity index (χ4v) is 1.57. The first-order chi connectivity index (χ1) is 7.74. The largest absolute Gasteiger partial charge is 0.396 e. The maximum atomic E-state index is 9.86. The predicted molar refractivity (Wildman–Crippen MR) is 55.7 cm³/mol. The van der Waals surface area contributed by atoms with Crippen LogP contribution in [-0.2, 0) is 0 Å². The number of fused-ring (bicyclic) bond motifs is 1. The molecule has 0 aromatic carbocycles. The topological polar surface area (TPSA) is 90.9 Å². The summed E-state index contributed by atoms with van der Waals surface area (Å²) in [6, 6.07) is 0. The molecule has 0 saturated carbocycles. The minimum absolute atomic E-state index is 0.124. The van der Waals surface area contributed by atoms with Crippen molar-refractivity contribution in [1.29, 1.82) is 0 Å². The lowest BCUT2D eigenvalue weighted by atomic mass is 10.1. The Hall–Kier alpha value is -1.50. The molecule has 0 spiro atoms. The van der Waals surface area contributed by atoms with Gasteiger partial charge in [0.2, 0.25) is 0 Å². The quantitative estimate of drug-likeness (QED) is 0.650. The summed E-state index contributed by atoms with van der Waals surface area (Å²) in [6.45, 7) is -0.170. The normalized spacial score (nSPS) is 15.2. The minimum Gasteiger partial charge on any atom is -0.396 e. The minimum atomic E-state index is -1.07. The van der Waals surface area contributed by atoms with Gasteiger partial charge in [-0.3, -0.25) is 9.38 Å². The van der Waals surface area contributed by atoms with E-state index >= 15 is 0 Å². The van der Waals surface area contributed by atoms with E-state index in [1.807, 2.05) is 0 Å². The van der Waals surface area contributed by atoms with Gasteiger partial charge in [0.25, 0.3) is 0 Å². The maximum Gasteiger partial charge on any atom is 0.155 e. The predicted octanol–water partition coefficient (Wildman–Crippen LogP) is -0.494. The monoisotopic (exact) mass is 223 g/mol. The number of nitrogens with zero attached hydrogens (tertiary/aromatic N) is 3. The Labute approximate surface area is 91.8 Å².